The summed E-state index contributed by atoms with van der Waals surface area (Å²) in [6, 6.07) is 3.07. The summed E-state index contributed by atoms with van der Waals surface area (Å²) in [5.41, 5.74) is 2.91. The third-order valence-electron chi connectivity index (χ3n) is 4.38. The van der Waals surface area contributed by atoms with Crippen molar-refractivity contribution in [2.45, 2.75) is 62.9 Å². The quantitative estimate of drug-likeness (QED) is 0.862. The van der Waals surface area contributed by atoms with Crippen molar-refractivity contribution >= 4 is 0 Å². The zero-order valence-corrected chi connectivity index (χ0v) is 10.4. The van der Waals surface area contributed by atoms with E-state index >= 15 is 0 Å². The molecule has 1 aromatic heterocycles. The van der Waals surface area contributed by atoms with Gasteiger partial charge in [-0.1, -0.05) is 0 Å². The lowest BCUT2D eigenvalue weighted by atomic mass is 10.2. The fourth-order valence-corrected chi connectivity index (χ4v) is 3.01. The van der Waals surface area contributed by atoms with Crippen LogP contribution in [0.3, 0.4) is 0 Å². The van der Waals surface area contributed by atoms with Crippen LogP contribution in [0.2, 0.25) is 0 Å². The van der Waals surface area contributed by atoms with E-state index in [0.717, 1.165) is 18.4 Å². The third kappa shape index (κ3) is 2.01. The van der Waals surface area contributed by atoms with E-state index in [0.29, 0.717) is 6.04 Å². The minimum atomic E-state index is 0.666. The second-order valence-corrected chi connectivity index (χ2v) is 6.02. The largest absolute Gasteiger partial charge is 0.312 e. The Morgan fingerprint density at radius 3 is 2.65 bits per heavy atom. The van der Waals surface area contributed by atoms with Gasteiger partial charge >= 0.3 is 0 Å². The van der Waals surface area contributed by atoms with Crippen LogP contribution in [0.15, 0.2) is 6.07 Å². The van der Waals surface area contributed by atoms with E-state index in [1.165, 1.54) is 56.5 Å². The highest BCUT2D eigenvalue weighted by Gasteiger charge is 2.33. The molecule has 2 aliphatic carbocycles. The number of hydrogen-bond acceptors (Lipinski definition) is 2. The maximum Gasteiger partial charge on any atom is 0.0658 e. The van der Waals surface area contributed by atoms with E-state index < -0.39 is 0 Å². The van der Waals surface area contributed by atoms with Crippen LogP contribution in [-0.4, -0.2) is 22.4 Å². The predicted molar refractivity (Wildman–Crippen MR) is 67.2 cm³/mol. The lowest BCUT2D eigenvalue weighted by Crippen LogP contribution is -2.28. The minimum absolute atomic E-state index is 0.666. The molecule has 2 saturated carbocycles. The Labute approximate surface area is 103 Å². The number of nitrogens with one attached hydrogen (secondary N) is 1. The lowest BCUT2D eigenvalue weighted by molar-refractivity contribution is 0.461. The van der Waals surface area contributed by atoms with Gasteiger partial charge in [0.1, 0.15) is 0 Å². The van der Waals surface area contributed by atoms with E-state index in [1.807, 2.05) is 0 Å². The first kappa shape index (κ1) is 10.1. The molecule has 3 fully saturated rings. The lowest BCUT2D eigenvalue weighted by Gasteiger charge is -2.12. The molecular formula is C14H21N3. The first-order valence-electron chi connectivity index (χ1n) is 7.21. The smallest absolute Gasteiger partial charge is 0.0658 e. The molecule has 92 valence electrons. The summed E-state index contributed by atoms with van der Waals surface area (Å²) in [5, 5.41) is 8.46. The molecule has 0 aromatic carbocycles. The van der Waals surface area contributed by atoms with Gasteiger partial charge in [0.25, 0.3) is 0 Å². The average Bonchev–Trinajstić information content (AvgIpc) is 3.26. The molecule has 0 radical (unpaired) electrons. The van der Waals surface area contributed by atoms with Gasteiger partial charge in [-0.3, -0.25) is 4.68 Å². The highest BCUT2D eigenvalue weighted by Crippen LogP contribution is 2.44. The Bertz CT molecular complexity index is 409. The van der Waals surface area contributed by atoms with Gasteiger partial charge in [-0.25, -0.2) is 0 Å². The summed E-state index contributed by atoms with van der Waals surface area (Å²) in [6.07, 6.45) is 8.15. The van der Waals surface area contributed by atoms with Crippen LogP contribution in [0.1, 0.15) is 61.7 Å². The van der Waals surface area contributed by atoms with Crippen molar-refractivity contribution < 1.29 is 0 Å². The van der Waals surface area contributed by atoms with Gasteiger partial charge in [-0.15, -0.1) is 0 Å². The predicted octanol–water partition coefficient (Wildman–Crippen LogP) is 2.39. The molecule has 1 saturated heterocycles. The summed E-state index contributed by atoms with van der Waals surface area (Å²) in [4.78, 5) is 0. The Balaban J connectivity index is 1.57. The maximum atomic E-state index is 4.87. The van der Waals surface area contributed by atoms with Crippen LogP contribution in [0.4, 0.5) is 0 Å². The fourth-order valence-electron chi connectivity index (χ4n) is 3.01. The van der Waals surface area contributed by atoms with Gasteiger partial charge in [0.05, 0.1) is 12.2 Å². The summed E-state index contributed by atoms with van der Waals surface area (Å²) in [6.45, 7) is 2.29. The Morgan fingerprint density at radius 2 is 2.00 bits per heavy atom. The van der Waals surface area contributed by atoms with Crippen LogP contribution in [0.5, 0.6) is 0 Å². The summed E-state index contributed by atoms with van der Waals surface area (Å²) in [5.74, 6) is 1.63. The zero-order valence-electron chi connectivity index (χ0n) is 10.4. The Hall–Kier alpha value is -0.830. The van der Waals surface area contributed by atoms with Crippen LogP contribution >= 0.6 is 0 Å². The van der Waals surface area contributed by atoms with Gasteiger partial charge in [0.2, 0.25) is 0 Å². The van der Waals surface area contributed by atoms with Crippen LogP contribution < -0.4 is 5.32 Å². The van der Waals surface area contributed by atoms with E-state index in [2.05, 4.69) is 16.1 Å². The summed E-state index contributed by atoms with van der Waals surface area (Å²) >= 11 is 0. The van der Waals surface area contributed by atoms with Gasteiger partial charge < -0.3 is 5.32 Å². The summed E-state index contributed by atoms with van der Waals surface area (Å²) in [7, 11) is 0. The Morgan fingerprint density at radius 1 is 1.18 bits per heavy atom. The van der Waals surface area contributed by atoms with Crippen molar-refractivity contribution in [3.8, 4) is 0 Å². The number of aromatic nitrogens is 2. The van der Waals surface area contributed by atoms with Crippen molar-refractivity contribution in [2.24, 2.45) is 0 Å². The Kier molecular flexibility index (Phi) is 2.29. The molecule has 1 aliphatic heterocycles. The number of hydrogen-bond donors (Lipinski definition) is 1. The van der Waals surface area contributed by atoms with Crippen molar-refractivity contribution in [1.29, 1.82) is 0 Å². The SMILES string of the molecule is c1c(C2CC2)nn(CC2CCCN2)c1C1CC1. The normalized spacial score (nSPS) is 28.8. The molecule has 1 unspecified atom stereocenters. The first-order chi connectivity index (χ1) is 8.40. The van der Waals surface area contributed by atoms with Crippen molar-refractivity contribution in [2.75, 3.05) is 6.54 Å². The topological polar surface area (TPSA) is 29.9 Å². The molecular weight excluding hydrogens is 210 g/mol. The van der Waals surface area contributed by atoms with E-state index in [4.69, 9.17) is 5.10 Å². The molecule has 3 nitrogen and oxygen atoms in total. The fraction of sp³-hybridized carbons (Fsp3) is 0.786. The standard InChI is InChI=1S/C14H21N3/c1-2-12(15-7-1)9-17-14(11-5-6-11)8-13(16-17)10-3-4-10/h8,10-12,15H,1-7,9H2. The maximum absolute atomic E-state index is 4.87. The van der Waals surface area contributed by atoms with Gasteiger partial charge in [0.15, 0.2) is 0 Å². The highest BCUT2D eigenvalue weighted by atomic mass is 15.3. The highest BCUT2D eigenvalue weighted by molar-refractivity contribution is 5.24. The monoisotopic (exact) mass is 231 g/mol. The molecule has 0 amide bonds. The molecule has 3 heteroatoms. The molecule has 17 heavy (non-hydrogen) atoms. The summed E-state index contributed by atoms with van der Waals surface area (Å²) < 4.78 is 2.33. The molecule has 1 aromatic rings. The second kappa shape index (κ2) is 3.84. The first-order valence-corrected chi connectivity index (χ1v) is 7.21. The molecule has 3 aliphatic rings. The van der Waals surface area contributed by atoms with E-state index in [9.17, 15) is 0 Å². The van der Waals surface area contributed by atoms with Crippen molar-refractivity contribution in [1.82, 2.24) is 15.1 Å². The van der Waals surface area contributed by atoms with E-state index in [1.54, 1.807) is 0 Å². The molecule has 1 N–H and O–H groups in total. The molecule has 0 spiro atoms. The van der Waals surface area contributed by atoms with Gasteiger partial charge in [0, 0.05) is 23.6 Å². The molecule has 4 rings (SSSR count). The minimum Gasteiger partial charge on any atom is -0.312 e. The zero-order chi connectivity index (χ0) is 11.2. The van der Waals surface area contributed by atoms with Gasteiger partial charge in [-0.05, 0) is 51.1 Å². The third-order valence-corrected chi connectivity index (χ3v) is 4.38. The molecule has 0 bridgehead atoms. The van der Waals surface area contributed by atoms with Crippen LogP contribution in [-0.2, 0) is 6.54 Å². The van der Waals surface area contributed by atoms with Crippen LogP contribution in [0.25, 0.3) is 0 Å². The van der Waals surface area contributed by atoms with Gasteiger partial charge in [-0.2, -0.15) is 5.10 Å². The number of rotatable bonds is 4. The van der Waals surface area contributed by atoms with Crippen LogP contribution in [0, 0.1) is 0 Å². The van der Waals surface area contributed by atoms with Crippen molar-refractivity contribution in [3.05, 3.63) is 17.5 Å². The second-order valence-electron chi connectivity index (χ2n) is 6.02. The number of nitrogens with zero attached hydrogens (tertiary/aromatic N) is 2. The van der Waals surface area contributed by atoms with Crippen molar-refractivity contribution in [3.63, 3.8) is 0 Å². The average molecular weight is 231 g/mol. The molecule has 1 atom stereocenters. The van der Waals surface area contributed by atoms with E-state index in [-0.39, 0.29) is 0 Å². The molecule has 2 heterocycles.